The van der Waals surface area contributed by atoms with Crippen molar-refractivity contribution in [1.29, 1.82) is 0 Å². The number of hydrogen-bond acceptors (Lipinski definition) is 3. The van der Waals surface area contributed by atoms with Gasteiger partial charge < -0.3 is 10.2 Å². The number of hydrogen-bond donors (Lipinski definition) is 2. The summed E-state index contributed by atoms with van der Waals surface area (Å²) in [5.41, 5.74) is 1.26. The van der Waals surface area contributed by atoms with E-state index in [2.05, 4.69) is 0 Å². The van der Waals surface area contributed by atoms with Crippen molar-refractivity contribution in [2.24, 2.45) is 0 Å². The lowest BCUT2D eigenvalue weighted by Crippen LogP contribution is -1.93. The lowest BCUT2D eigenvalue weighted by molar-refractivity contribution is 0.104. The molecule has 2 aromatic rings. The highest BCUT2D eigenvalue weighted by molar-refractivity contribution is 6.07. The first-order valence-corrected chi connectivity index (χ1v) is 5.46. The van der Waals surface area contributed by atoms with Gasteiger partial charge in [0.25, 0.3) is 0 Å². The van der Waals surface area contributed by atoms with Gasteiger partial charge in [0, 0.05) is 5.56 Å². The Morgan fingerprint density at radius 3 is 2.33 bits per heavy atom. The standard InChI is InChI=1S/C15H12O3/c16-13(8-6-11-4-2-1-3-5-11)12-7-9-14(17)15(18)10-12/h1-10,17-18H. The zero-order chi connectivity index (χ0) is 13.0. The van der Waals surface area contributed by atoms with Crippen LogP contribution in [0, 0.1) is 0 Å². The van der Waals surface area contributed by atoms with Crippen LogP contribution in [-0.2, 0) is 0 Å². The first kappa shape index (κ1) is 11.9. The molecular weight excluding hydrogens is 228 g/mol. The van der Waals surface area contributed by atoms with Crippen molar-refractivity contribution < 1.29 is 15.0 Å². The van der Waals surface area contributed by atoms with Crippen molar-refractivity contribution in [1.82, 2.24) is 0 Å². The fourth-order valence-corrected chi connectivity index (χ4v) is 1.51. The number of allylic oxidation sites excluding steroid dienone is 1. The molecule has 0 bridgehead atoms. The molecule has 0 spiro atoms. The highest BCUT2D eigenvalue weighted by Crippen LogP contribution is 2.25. The molecule has 0 saturated heterocycles. The largest absolute Gasteiger partial charge is 0.504 e. The molecule has 0 radical (unpaired) electrons. The molecule has 0 aliphatic rings. The molecule has 90 valence electrons. The number of carbonyl (C=O) groups excluding carboxylic acids is 1. The van der Waals surface area contributed by atoms with Crippen LogP contribution in [0.5, 0.6) is 11.5 Å². The van der Waals surface area contributed by atoms with Gasteiger partial charge in [0.05, 0.1) is 0 Å². The average Bonchev–Trinajstić information content (AvgIpc) is 2.40. The molecule has 2 aromatic carbocycles. The molecule has 0 amide bonds. The Labute approximate surface area is 105 Å². The monoisotopic (exact) mass is 240 g/mol. The zero-order valence-corrected chi connectivity index (χ0v) is 9.58. The van der Waals surface area contributed by atoms with Crippen LogP contribution in [0.15, 0.2) is 54.6 Å². The third kappa shape index (κ3) is 2.77. The molecule has 3 nitrogen and oxygen atoms in total. The Kier molecular flexibility index (Phi) is 3.44. The summed E-state index contributed by atoms with van der Waals surface area (Å²) in [5, 5.41) is 18.5. The van der Waals surface area contributed by atoms with Crippen LogP contribution in [0.1, 0.15) is 15.9 Å². The summed E-state index contributed by atoms with van der Waals surface area (Å²) < 4.78 is 0. The van der Waals surface area contributed by atoms with E-state index in [1.165, 1.54) is 24.3 Å². The summed E-state index contributed by atoms with van der Waals surface area (Å²) in [4.78, 5) is 11.8. The molecule has 2 rings (SSSR count). The number of phenols is 2. The number of carbonyl (C=O) groups is 1. The Hall–Kier alpha value is -2.55. The average molecular weight is 240 g/mol. The fraction of sp³-hybridized carbons (Fsp3) is 0. The van der Waals surface area contributed by atoms with Gasteiger partial charge in [-0.05, 0) is 29.8 Å². The fourth-order valence-electron chi connectivity index (χ4n) is 1.51. The van der Waals surface area contributed by atoms with E-state index in [0.717, 1.165) is 5.56 Å². The summed E-state index contributed by atoms with van der Waals surface area (Å²) in [6.07, 6.45) is 3.13. The third-order valence-corrected chi connectivity index (χ3v) is 2.49. The number of aromatic hydroxyl groups is 2. The van der Waals surface area contributed by atoms with Gasteiger partial charge in [-0.2, -0.15) is 0 Å². The molecule has 0 fully saturated rings. The molecule has 0 saturated carbocycles. The molecule has 0 aliphatic heterocycles. The maximum absolute atomic E-state index is 11.8. The van der Waals surface area contributed by atoms with Crippen LogP contribution in [-0.4, -0.2) is 16.0 Å². The second kappa shape index (κ2) is 5.19. The van der Waals surface area contributed by atoms with Crippen LogP contribution in [0.4, 0.5) is 0 Å². The summed E-state index contributed by atoms with van der Waals surface area (Å²) in [7, 11) is 0. The number of rotatable bonds is 3. The van der Waals surface area contributed by atoms with Gasteiger partial charge in [-0.15, -0.1) is 0 Å². The Morgan fingerprint density at radius 1 is 0.944 bits per heavy atom. The van der Waals surface area contributed by atoms with E-state index < -0.39 is 0 Å². The summed E-state index contributed by atoms with van der Waals surface area (Å²) in [6.45, 7) is 0. The number of benzene rings is 2. The third-order valence-electron chi connectivity index (χ3n) is 2.49. The Balaban J connectivity index is 2.17. The molecule has 3 heteroatoms. The van der Waals surface area contributed by atoms with Gasteiger partial charge in [-0.3, -0.25) is 4.79 Å². The SMILES string of the molecule is O=C(C=Cc1ccccc1)c1ccc(O)c(O)c1. The number of phenolic OH excluding ortho intramolecular Hbond substituents is 2. The normalized spacial score (nSPS) is 10.7. The maximum atomic E-state index is 11.8. The van der Waals surface area contributed by atoms with Gasteiger partial charge >= 0.3 is 0 Å². The minimum Gasteiger partial charge on any atom is -0.504 e. The second-order valence-electron chi connectivity index (χ2n) is 3.81. The van der Waals surface area contributed by atoms with Gasteiger partial charge in [0.15, 0.2) is 17.3 Å². The van der Waals surface area contributed by atoms with Crippen molar-refractivity contribution in [3.05, 3.63) is 65.7 Å². The van der Waals surface area contributed by atoms with E-state index in [0.29, 0.717) is 5.56 Å². The Bertz CT molecular complexity index is 586. The topological polar surface area (TPSA) is 57.5 Å². The predicted molar refractivity (Wildman–Crippen MR) is 69.6 cm³/mol. The van der Waals surface area contributed by atoms with Gasteiger partial charge in [0.2, 0.25) is 0 Å². The quantitative estimate of drug-likeness (QED) is 0.492. The maximum Gasteiger partial charge on any atom is 0.185 e. The van der Waals surface area contributed by atoms with Crippen molar-refractivity contribution in [2.45, 2.75) is 0 Å². The molecule has 0 aliphatic carbocycles. The summed E-state index contributed by atoms with van der Waals surface area (Å²) in [6, 6.07) is 13.4. The molecule has 0 aromatic heterocycles. The smallest absolute Gasteiger partial charge is 0.185 e. The second-order valence-corrected chi connectivity index (χ2v) is 3.81. The van der Waals surface area contributed by atoms with E-state index in [9.17, 15) is 9.90 Å². The summed E-state index contributed by atoms with van der Waals surface area (Å²) in [5.74, 6) is -0.762. The van der Waals surface area contributed by atoms with E-state index in [1.807, 2.05) is 30.3 Å². The van der Waals surface area contributed by atoms with Crippen molar-refractivity contribution in [3.63, 3.8) is 0 Å². The van der Waals surface area contributed by atoms with E-state index >= 15 is 0 Å². The van der Waals surface area contributed by atoms with Crippen LogP contribution in [0.2, 0.25) is 0 Å². The first-order chi connectivity index (χ1) is 8.66. The molecule has 2 N–H and O–H groups in total. The lowest BCUT2D eigenvalue weighted by atomic mass is 10.1. The van der Waals surface area contributed by atoms with Crippen molar-refractivity contribution >= 4 is 11.9 Å². The molecule has 18 heavy (non-hydrogen) atoms. The minimum atomic E-state index is -0.297. The van der Waals surface area contributed by atoms with Crippen molar-refractivity contribution in [3.8, 4) is 11.5 Å². The minimum absolute atomic E-state index is 0.228. The predicted octanol–water partition coefficient (Wildman–Crippen LogP) is 2.99. The van der Waals surface area contributed by atoms with Gasteiger partial charge in [-0.25, -0.2) is 0 Å². The van der Waals surface area contributed by atoms with E-state index in [1.54, 1.807) is 6.08 Å². The van der Waals surface area contributed by atoms with Crippen LogP contribution >= 0.6 is 0 Å². The van der Waals surface area contributed by atoms with E-state index in [4.69, 9.17) is 5.11 Å². The Morgan fingerprint density at radius 2 is 1.67 bits per heavy atom. The molecule has 0 unspecified atom stereocenters. The van der Waals surface area contributed by atoms with Crippen molar-refractivity contribution in [2.75, 3.05) is 0 Å². The lowest BCUT2D eigenvalue weighted by Gasteiger charge is -1.99. The molecular formula is C15H12O3. The van der Waals surface area contributed by atoms with Crippen LogP contribution < -0.4 is 0 Å². The van der Waals surface area contributed by atoms with Gasteiger partial charge in [-0.1, -0.05) is 36.4 Å². The van der Waals surface area contributed by atoms with Crippen LogP contribution in [0.3, 0.4) is 0 Å². The van der Waals surface area contributed by atoms with E-state index in [-0.39, 0.29) is 17.3 Å². The molecule has 0 atom stereocenters. The number of ketones is 1. The van der Waals surface area contributed by atoms with Crippen LogP contribution in [0.25, 0.3) is 6.08 Å². The molecule has 0 heterocycles. The first-order valence-electron chi connectivity index (χ1n) is 5.46. The highest BCUT2D eigenvalue weighted by atomic mass is 16.3. The zero-order valence-electron chi connectivity index (χ0n) is 9.58. The highest BCUT2D eigenvalue weighted by Gasteiger charge is 2.05. The summed E-state index contributed by atoms with van der Waals surface area (Å²) >= 11 is 0. The van der Waals surface area contributed by atoms with Gasteiger partial charge in [0.1, 0.15) is 0 Å².